The number of aliphatic imine (C=N–C) groups is 1. The standard InChI is InChI=1S/C17H24F2N6O2/c1-12-23-24-16(25(12)2)11-22-17(20-6-8-26-3)21-7-9-27-15-5-4-13(18)10-14(15)19/h4-5,10H,6-9,11H2,1-3H3,(H2,20,21,22). The van der Waals surface area contributed by atoms with Gasteiger partial charge in [-0.15, -0.1) is 10.2 Å². The number of ether oxygens (including phenoxy) is 2. The Bertz CT molecular complexity index is 766. The lowest BCUT2D eigenvalue weighted by Gasteiger charge is -2.13. The lowest BCUT2D eigenvalue weighted by atomic mass is 10.3. The van der Waals surface area contributed by atoms with Gasteiger partial charge < -0.3 is 24.7 Å². The Balaban J connectivity index is 1.87. The number of halogens is 2. The predicted octanol–water partition coefficient (Wildman–Crippen LogP) is 1.16. The maximum Gasteiger partial charge on any atom is 0.191 e. The van der Waals surface area contributed by atoms with Crippen molar-refractivity contribution in [1.82, 2.24) is 25.4 Å². The molecule has 0 unspecified atom stereocenters. The molecule has 10 heteroatoms. The van der Waals surface area contributed by atoms with Crippen molar-refractivity contribution in [2.75, 3.05) is 33.4 Å². The minimum Gasteiger partial charge on any atom is -0.489 e. The summed E-state index contributed by atoms with van der Waals surface area (Å²) in [5, 5.41) is 14.3. The number of aryl methyl sites for hydroxylation is 1. The molecule has 8 nitrogen and oxygen atoms in total. The first-order chi connectivity index (χ1) is 13.0. The second-order valence-electron chi connectivity index (χ2n) is 5.66. The highest BCUT2D eigenvalue weighted by Crippen LogP contribution is 2.17. The second-order valence-corrected chi connectivity index (χ2v) is 5.66. The second kappa shape index (κ2) is 10.4. The molecule has 0 radical (unpaired) electrons. The average molecular weight is 382 g/mol. The molecule has 0 bridgehead atoms. The molecule has 0 aliphatic rings. The molecule has 0 aliphatic carbocycles. The molecule has 0 aliphatic heterocycles. The Morgan fingerprint density at radius 2 is 1.93 bits per heavy atom. The highest BCUT2D eigenvalue weighted by molar-refractivity contribution is 5.79. The third-order valence-electron chi connectivity index (χ3n) is 3.71. The van der Waals surface area contributed by atoms with Gasteiger partial charge in [-0.25, -0.2) is 13.8 Å². The molecule has 0 atom stereocenters. The van der Waals surface area contributed by atoms with Gasteiger partial charge in [-0.1, -0.05) is 0 Å². The van der Waals surface area contributed by atoms with Gasteiger partial charge in [-0.3, -0.25) is 0 Å². The zero-order valence-corrected chi connectivity index (χ0v) is 15.6. The predicted molar refractivity (Wildman–Crippen MR) is 96.6 cm³/mol. The Morgan fingerprint density at radius 3 is 2.56 bits per heavy atom. The first kappa shape index (κ1) is 20.6. The van der Waals surface area contributed by atoms with E-state index in [0.717, 1.165) is 23.8 Å². The number of hydrogen-bond acceptors (Lipinski definition) is 5. The topological polar surface area (TPSA) is 85.6 Å². The summed E-state index contributed by atoms with van der Waals surface area (Å²) in [7, 11) is 3.48. The van der Waals surface area contributed by atoms with Crippen molar-refractivity contribution in [2.24, 2.45) is 12.0 Å². The van der Waals surface area contributed by atoms with E-state index >= 15 is 0 Å². The van der Waals surface area contributed by atoms with Gasteiger partial charge in [0.15, 0.2) is 23.4 Å². The number of nitrogens with one attached hydrogen (secondary N) is 2. The van der Waals surface area contributed by atoms with Crippen LogP contribution in [0.3, 0.4) is 0 Å². The minimum atomic E-state index is -0.736. The lowest BCUT2D eigenvalue weighted by Crippen LogP contribution is -2.40. The van der Waals surface area contributed by atoms with Crippen LogP contribution in [0.4, 0.5) is 8.78 Å². The van der Waals surface area contributed by atoms with Gasteiger partial charge in [0.1, 0.15) is 24.8 Å². The summed E-state index contributed by atoms with van der Waals surface area (Å²) in [5.74, 6) is 0.685. The molecular weight excluding hydrogens is 358 g/mol. The molecule has 2 rings (SSSR count). The monoisotopic (exact) mass is 382 g/mol. The van der Waals surface area contributed by atoms with E-state index in [2.05, 4.69) is 25.8 Å². The molecule has 1 heterocycles. The van der Waals surface area contributed by atoms with Crippen molar-refractivity contribution < 1.29 is 18.3 Å². The molecule has 0 spiro atoms. The summed E-state index contributed by atoms with van der Waals surface area (Å²) in [4.78, 5) is 4.45. The van der Waals surface area contributed by atoms with Crippen LogP contribution in [-0.2, 0) is 18.3 Å². The zero-order chi connectivity index (χ0) is 19.6. The van der Waals surface area contributed by atoms with Crippen molar-refractivity contribution in [3.63, 3.8) is 0 Å². The first-order valence-corrected chi connectivity index (χ1v) is 8.45. The number of methoxy groups -OCH3 is 1. The van der Waals surface area contributed by atoms with Gasteiger partial charge in [-0.2, -0.15) is 0 Å². The first-order valence-electron chi connectivity index (χ1n) is 8.45. The van der Waals surface area contributed by atoms with Gasteiger partial charge >= 0.3 is 0 Å². The SMILES string of the molecule is COCCNC(=NCc1nnc(C)n1C)NCCOc1ccc(F)cc1F. The molecular formula is C17H24F2N6O2. The maximum absolute atomic E-state index is 13.5. The molecule has 0 saturated carbocycles. The van der Waals surface area contributed by atoms with Gasteiger partial charge in [0.25, 0.3) is 0 Å². The molecule has 0 fully saturated rings. The normalized spacial score (nSPS) is 11.5. The molecule has 0 amide bonds. The van der Waals surface area contributed by atoms with Gasteiger partial charge in [0, 0.05) is 26.8 Å². The number of benzene rings is 1. The summed E-state index contributed by atoms with van der Waals surface area (Å²) in [6.45, 7) is 3.83. The number of nitrogens with zero attached hydrogens (tertiary/aromatic N) is 4. The van der Waals surface area contributed by atoms with E-state index < -0.39 is 11.6 Å². The fourth-order valence-electron chi connectivity index (χ4n) is 2.11. The van der Waals surface area contributed by atoms with Crippen molar-refractivity contribution in [1.29, 1.82) is 0 Å². The summed E-state index contributed by atoms with van der Waals surface area (Å²) in [6.07, 6.45) is 0. The van der Waals surface area contributed by atoms with E-state index in [0.29, 0.717) is 32.2 Å². The van der Waals surface area contributed by atoms with Crippen LogP contribution in [0.1, 0.15) is 11.6 Å². The maximum atomic E-state index is 13.5. The van der Waals surface area contributed by atoms with Crippen LogP contribution in [-0.4, -0.2) is 54.1 Å². The van der Waals surface area contributed by atoms with Crippen LogP contribution in [0.2, 0.25) is 0 Å². The van der Waals surface area contributed by atoms with Crippen molar-refractivity contribution in [3.05, 3.63) is 41.5 Å². The number of aromatic nitrogens is 3. The van der Waals surface area contributed by atoms with E-state index in [4.69, 9.17) is 9.47 Å². The highest BCUT2D eigenvalue weighted by atomic mass is 19.1. The van der Waals surface area contributed by atoms with Crippen LogP contribution < -0.4 is 15.4 Å². The van der Waals surface area contributed by atoms with Crippen LogP contribution in [0, 0.1) is 18.6 Å². The molecule has 2 aromatic rings. The summed E-state index contributed by atoms with van der Waals surface area (Å²) in [6, 6.07) is 3.19. The van der Waals surface area contributed by atoms with Gasteiger partial charge in [0.05, 0.1) is 13.2 Å². The van der Waals surface area contributed by atoms with Crippen LogP contribution in [0.15, 0.2) is 23.2 Å². The average Bonchev–Trinajstić information content (AvgIpc) is 2.96. The summed E-state index contributed by atoms with van der Waals surface area (Å²) < 4.78 is 38.6. The van der Waals surface area contributed by atoms with Gasteiger partial charge in [-0.05, 0) is 19.1 Å². The summed E-state index contributed by atoms with van der Waals surface area (Å²) in [5.41, 5.74) is 0. The fourth-order valence-corrected chi connectivity index (χ4v) is 2.11. The molecule has 1 aromatic heterocycles. The van der Waals surface area contributed by atoms with E-state index in [1.165, 1.54) is 6.07 Å². The Labute approximate surface area is 156 Å². The Kier molecular flexibility index (Phi) is 7.93. The molecule has 2 N–H and O–H groups in total. The van der Waals surface area contributed by atoms with Gasteiger partial charge in [0.2, 0.25) is 0 Å². The molecule has 148 valence electrons. The van der Waals surface area contributed by atoms with Crippen LogP contribution in [0.5, 0.6) is 5.75 Å². The highest BCUT2D eigenvalue weighted by Gasteiger charge is 2.07. The van der Waals surface area contributed by atoms with E-state index in [1.54, 1.807) is 7.11 Å². The van der Waals surface area contributed by atoms with E-state index in [-0.39, 0.29) is 12.4 Å². The number of rotatable bonds is 9. The van der Waals surface area contributed by atoms with Crippen molar-refractivity contribution >= 4 is 5.96 Å². The third-order valence-corrected chi connectivity index (χ3v) is 3.71. The van der Waals surface area contributed by atoms with Crippen LogP contribution in [0.25, 0.3) is 0 Å². The molecule has 27 heavy (non-hydrogen) atoms. The lowest BCUT2D eigenvalue weighted by molar-refractivity contribution is 0.203. The number of hydrogen-bond donors (Lipinski definition) is 2. The van der Waals surface area contributed by atoms with Crippen molar-refractivity contribution in [2.45, 2.75) is 13.5 Å². The fraction of sp³-hybridized carbons (Fsp3) is 0.471. The summed E-state index contributed by atoms with van der Waals surface area (Å²) >= 11 is 0. The minimum absolute atomic E-state index is 0.00130. The Hall–Kier alpha value is -2.75. The molecule has 1 aromatic carbocycles. The van der Waals surface area contributed by atoms with Crippen LogP contribution >= 0.6 is 0 Å². The smallest absolute Gasteiger partial charge is 0.191 e. The van der Waals surface area contributed by atoms with E-state index in [1.807, 2.05) is 18.5 Å². The number of guanidine groups is 1. The molecule has 0 saturated heterocycles. The third kappa shape index (κ3) is 6.48. The van der Waals surface area contributed by atoms with Crippen molar-refractivity contribution in [3.8, 4) is 5.75 Å². The zero-order valence-electron chi connectivity index (χ0n) is 15.6. The largest absolute Gasteiger partial charge is 0.489 e. The van der Waals surface area contributed by atoms with E-state index in [9.17, 15) is 8.78 Å². The quantitative estimate of drug-likeness (QED) is 0.385. The Morgan fingerprint density at radius 1 is 1.19 bits per heavy atom.